The Kier molecular flexibility index (Phi) is 2.47. The summed E-state index contributed by atoms with van der Waals surface area (Å²) in [5.74, 6) is -1.55. The molecule has 3 heteroatoms. The summed E-state index contributed by atoms with van der Waals surface area (Å²) in [6, 6.07) is 9.25. The maximum atomic E-state index is 13.2. The molecular formula is C15H10F2O. The van der Waals surface area contributed by atoms with Crippen molar-refractivity contribution in [3.05, 3.63) is 59.2 Å². The van der Waals surface area contributed by atoms with Crippen molar-refractivity contribution in [3.63, 3.8) is 0 Å². The fraction of sp³-hybridized carbons (Fsp3) is 0.133. The van der Waals surface area contributed by atoms with Gasteiger partial charge in [0.05, 0.1) is 0 Å². The number of hydrogen-bond acceptors (Lipinski definition) is 1. The Morgan fingerprint density at radius 1 is 0.833 bits per heavy atom. The highest BCUT2D eigenvalue weighted by Crippen LogP contribution is 2.28. The maximum Gasteiger partial charge on any atom is 0.163 e. The van der Waals surface area contributed by atoms with Crippen molar-refractivity contribution in [1.29, 1.82) is 0 Å². The minimum atomic E-state index is -0.857. The third-order valence-corrected chi connectivity index (χ3v) is 3.28. The molecule has 1 nitrogen and oxygen atoms in total. The van der Waals surface area contributed by atoms with Crippen LogP contribution in [-0.2, 0) is 6.42 Å². The van der Waals surface area contributed by atoms with E-state index < -0.39 is 11.6 Å². The van der Waals surface area contributed by atoms with Gasteiger partial charge in [0.15, 0.2) is 17.4 Å². The van der Waals surface area contributed by atoms with E-state index in [4.69, 9.17) is 0 Å². The summed E-state index contributed by atoms with van der Waals surface area (Å²) in [6.45, 7) is 0. The van der Waals surface area contributed by atoms with Gasteiger partial charge >= 0.3 is 0 Å². The fourth-order valence-electron chi connectivity index (χ4n) is 2.31. The van der Waals surface area contributed by atoms with E-state index in [0.717, 1.165) is 29.2 Å². The molecule has 2 aromatic carbocycles. The van der Waals surface area contributed by atoms with Gasteiger partial charge in [0, 0.05) is 12.0 Å². The summed E-state index contributed by atoms with van der Waals surface area (Å²) in [5, 5.41) is 0. The third-order valence-electron chi connectivity index (χ3n) is 3.28. The number of rotatable bonds is 1. The molecule has 2 aromatic rings. The highest BCUT2D eigenvalue weighted by molar-refractivity contribution is 6.00. The Bertz CT molecular complexity index is 647. The van der Waals surface area contributed by atoms with Crippen LogP contribution in [0.3, 0.4) is 0 Å². The molecule has 0 saturated carbocycles. The lowest BCUT2D eigenvalue weighted by molar-refractivity contribution is 0.0994. The van der Waals surface area contributed by atoms with Crippen LogP contribution in [0.15, 0.2) is 36.4 Å². The molecular weight excluding hydrogens is 234 g/mol. The second kappa shape index (κ2) is 4.02. The van der Waals surface area contributed by atoms with Crippen LogP contribution in [-0.4, -0.2) is 5.78 Å². The van der Waals surface area contributed by atoms with E-state index in [1.165, 1.54) is 12.1 Å². The summed E-state index contributed by atoms with van der Waals surface area (Å²) in [4.78, 5) is 11.5. The molecule has 1 aliphatic carbocycles. The average molecular weight is 244 g/mol. The molecule has 0 unspecified atom stereocenters. The molecule has 0 heterocycles. The van der Waals surface area contributed by atoms with Gasteiger partial charge in [0.25, 0.3) is 0 Å². The van der Waals surface area contributed by atoms with E-state index in [1.807, 2.05) is 6.07 Å². The van der Waals surface area contributed by atoms with Gasteiger partial charge in [-0.05, 0) is 35.2 Å². The molecule has 0 aromatic heterocycles. The predicted molar refractivity (Wildman–Crippen MR) is 64.4 cm³/mol. The third kappa shape index (κ3) is 1.72. The number of ketones is 1. The number of carbonyl (C=O) groups is 1. The number of hydrogen-bond donors (Lipinski definition) is 0. The first-order valence-corrected chi connectivity index (χ1v) is 5.77. The standard InChI is InChI=1S/C15H10F2O/c16-13-5-2-10(8-14(13)17)9-1-4-12-11(7-9)3-6-15(12)18/h1-2,4-5,7-8H,3,6H2. The number of carbonyl (C=O) groups excluding carboxylic acids is 1. The van der Waals surface area contributed by atoms with E-state index in [2.05, 4.69) is 0 Å². The minimum Gasteiger partial charge on any atom is -0.294 e. The fourth-order valence-corrected chi connectivity index (χ4v) is 2.31. The molecule has 0 bridgehead atoms. The minimum absolute atomic E-state index is 0.154. The van der Waals surface area contributed by atoms with Crippen LogP contribution in [0.5, 0.6) is 0 Å². The molecule has 0 saturated heterocycles. The Hall–Kier alpha value is -2.03. The monoisotopic (exact) mass is 244 g/mol. The second-order valence-electron chi connectivity index (χ2n) is 4.42. The smallest absolute Gasteiger partial charge is 0.163 e. The normalized spacial score (nSPS) is 13.8. The van der Waals surface area contributed by atoms with Gasteiger partial charge in [0.2, 0.25) is 0 Å². The highest BCUT2D eigenvalue weighted by atomic mass is 19.2. The van der Waals surface area contributed by atoms with Crippen LogP contribution >= 0.6 is 0 Å². The zero-order valence-corrected chi connectivity index (χ0v) is 9.54. The summed E-state index contributed by atoms with van der Waals surface area (Å²) in [7, 11) is 0. The molecule has 0 aliphatic heterocycles. The number of benzene rings is 2. The molecule has 0 spiro atoms. The largest absolute Gasteiger partial charge is 0.294 e. The Balaban J connectivity index is 2.07. The Morgan fingerprint density at radius 3 is 2.33 bits per heavy atom. The van der Waals surface area contributed by atoms with E-state index in [1.54, 1.807) is 12.1 Å². The van der Waals surface area contributed by atoms with Gasteiger partial charge in [-0.25, -0.2) is 8.78 Å². The van der Waals surface area contributed by atoms with E-state index >= 15 is 0 Å². The molecule has 3 rings (SSSR count). The van der Waals surface area contributed by atoms with Crippen molar-refractivity contribution in [2.75, 3.05) is 0 Å². The van der Waals surface area contributed by atoms with Crippen LogP contribution in [0.25, 0.3) is 11.1 Å². The molecule has 90 valence electrons. The van der Waals surface area contributed by atoms with E-state index in [9.17, 15) is 13.6 Å². The predicted octanol–water partition coefficient (Wildman–Crippen LogP) is 3.76. The average Bonchev–Trinajstić information content (AvgIpc) is 2.74. The molecule has 0 amide bonds. The SMILES string of the molecule is O=C1CCc2cc(-c3ccc(F)c(F)c3)ccc21. The quantitative estimate of drug-likeness (QED) is 0.746. The lowest BCUT2D eigenvalue weighted by Gasteiger charge is -2.05. The first kappa shape index (κ1) is 11.1. The zero-order chi connectivity index (χ0) is 12.7. The molecule has 1 aliphatic rings. The van der Waals surface area contributed by atoms with Crippen molar-refractivity contribution >= 4 is 5.78 Å². The van der Waals surface area contributed by atoms with Gasteiger partial charge in [-0.3, -0.25) is 4.79 Å². The van der Waals surface area contributed by atoms with E-state index in [-0.39, 0.29) is 5.78 Å². The van der Waals surface area contributed by atoms with Crippen LogP contribution in [0.4, 0.5) is 8.78 Å². The van der Waals surface area contributed by atoms with Crippen molar-refractivity contribution in [3.8, 4) is 11.1 Å². The van der Waals surface area contributed by atoms with Gasteiger partial charge in [-0.1, -0.05) is 24.3 Å². The van der Waals surface area contributed by atoms with Gasteiger partial charge < -0.3 is 0 Å². The lowest BCUT2D eigenvalue weighted by atomic mass is 10.0. The maximum absolute atomic E-state index is 13.2. The molecule has 0 atom stereocenters. The van der Waals surface area contributed by atoms with E-state index in [0.29, 0.717) is 12.0 Å². The van der Waals surface area contributed by atoms with Crippen molar-refractivity contribution in [2.45, 2.75) is 12.8 Å². The van der Waals surface area contributed by atoms with Crippen LogP contribution < -0.4 is 0 Å². The van der Waals surface area contributed by atoms with Crippen LogP contribution in [0.1, 0.15) is 22.3 Å². The summed E-state index contributed by atoms with van der Waals surface area (Å²) < 4.78 is 26.0. The van der Waals surface area contributed by atoms with Gasteiger partial charge in [0.1, 0.15) is 0 Å². The molecule has 0 N–H and O–H groups in total. The highest BCUT2D eigenvalue weighted by Gasteiger charge is 2.19. The number of fused-ring (bicyclic) bond motifs is 1. The van der Waals surface area contributed by atoms with Gasteiger partial charge in [-0.2, -0.15) is 0 Å². The molecule has 0 radical (unpaired) electrons. The topological polar surface area (TPSA) is 17.1 Å². The molecule has 0 fully saturated rings. The first-order valence-electron chi connectivity index (χ1n) is 5.77. The lowest BCUT2D eigenvalue weighted by Crippen LogP contribution is -1.91. The Morgan fingerprint density at radius 2 is 1.56 bits per heavy atom. The van der Waals surface area contributed by atoms with Crippen molar-refractivity contribution in [2.24, 2.45) is 0 Å². The molecule has 18 heavy (non-hydrogen) atoms. The second-order valence-corrected chi connectivity index (χ2v) is 4.42. The summed E-state index contributed by atoms with van der Waals surface area (Å²) in [6.07, 6.45) is 1.27. The van der Waals surface area contributed by atoms with Crippen LogP contribution in [0.2, 0.25) is 0 Å². The number of halogens is 2. The zero-order valence-electron chi connectivity index (χ0n) is 9.54. The Labute approximate surface area is 103 Å². The summed E-state index contributed by atoms with van der Waals surface area (Å²) >= 11 is 0. The van der Waals surface area contributed by atoms with Crippen molar-refractivity contribution in [1.82, 2.24) is 0 Å². The first-order chi connectivity index (χ1) is 8.65. The van der Waals surface area contributed by atoms with Crippen molar-refractivity contribution < 1.29 is 13.6 Å². The number of aryl methyl sites for hydroxylation is 1. The number of Topliss-reactive ketones (excluding diaryl/α,β-unsaturated/α-hetero) is 1. The summed E-state index contributed by atoms with van der Waals surface area (Å²) in [5.41, 5.74) is 3.17. The van der Waals surface area contributed by atoms with Gasteiger partial charge in [-0.15, -0.1) is 0 Å². The van der Waals surface area contributed by atoms with Crippen LogP contribution in [0, 0.1) is 11.6 Å².